The first-order valence-electron chi connectivity index (χ1n) is 11.1. The Morgan fingerprint density at radius 1 is 1.31 bits per heavy atom. The summed E-state index contributed by atoms with van der Waals surface area (Å²) >= 11 is 0. The van der Waals surface area contributed by atoms with Crippen LogP contribution >= 0.6 is 0 Å². The molecule has 1 saturated heterocycles. The molecule has 2 aliphatic heterocycles. The third-order valence-corrected chi connectivity index (χ3v) is 6.22. The van der Waals surface area contributed by atoms with Gasteiger partial charge in [-0.1, -0.05) is 6.07 Å². The highest BCUT2D eigenvalue weighted by atomic mass is 16.5. The molecule has 0 aliphatic carbocycles. The van der Waals surface area contributed by atoms with E-state index in [2.05, 4.69) is 22.2 Å². The van der Waals surface area contributed by atoms with Gasteiger partial charge in [0.25, 0.3) is 0 Å². The Balaban J connectivity index is 1.45. The number of carbonyl (C=O) groups is 1. The van der Waals surface area contributed by atoms with E-state index in [0.717, 1.165) is 55.0 Å². The van der Waals surface area contributed by atoms with Gasteiger partial charge in [0.1, 0.15) is 12.3 Å². The van der Waals surface area contributed by atoms with Crippen LogP contribution in [0, 0.1) is 0 Å². The first-order chi connectivity index (χ1) is 15.6. The summed E-state index contributed by atoms with van der Waals surface area (Å²) in [5.74, 6) is 1.91. The van der Waals surface area contributed by atoms with Crippen LogP contribution in [-0.4, -0.2) is 64.3 Å². The number of carbonyl (C=O) groups excluding carboxylic acids is 1. The lowest BCUT2D eigenvalue weighted by Gasteiger charge is -2.33. The minimum atomic E-state index is 0.0940. The number of anilines is 1. The van der Waals surface area contributed by atoms with Crippen molar-refractivity contribution in [2.24, 2.45) is 0 Å². The molecule has 4 heterocycles. The van der Waals surface area contributed by atoms with Gasteiger partial charge in [0.05, 0.1) is 12.3 Å². The fourth-order valence-corrected chi connectivity index (χ4v) is 4.55. The number of amides is 1. The molecule has 0 unspecified atom stereocenters. The normalized spacial score (nSPS) is 17.7. The predicted octanol–water partition coefficient (Wildman–Crippen LogP) is 2.75. The van der Waals surface area contributed by atoms with E-state index in [1.165, 1.54) is 5.56 Å². The Morgan fingerprint density at radius 3 is 3.03 bits per heavy atom. The molecule has 3 aromatic rings. The minimum Gasteiger partial charge on any atom is -0.493 e. The van der Waals surface area contributed by atoms with Crippen molar-refractivity contribution in [1.82, 2.24) is 24.6 Å². The summed E-state index contributed by atoms with van der Waals surface area (Å²) in [6, 6.07) is 8.17. The van der Waals surface area contributed by atoms with Gasteiger partial charge < -0.3 is 14.5 Å². The first kappa shape index (κ1) is 20.5. The molecular weight excluding hydrogens is 404 g/mol. The summed E-state index contributed by atoms with van der Waals surface area (Å²) in [5.41, 5.74) is 4.38. The summed E-state index contributed by atoms with van der Waals surface area (Å²) < 4.78 is 7.36. The van der Waals surface area contributed by atoms with Crippen LogP contribution in [0.5, 0.6) is 5.75 Å². The van der Waals surface area contributed by atoms with Gasteiger partial charge in [0, 0.05) is 63.7 Å². The number of nitrogens with zero attached hydrogens (tertiary/aromatic N) is 6. The van der Waals surface area contributed by atoms with Gasteiger partial charge in [-0.2, -0.15) is 5.10 Å². The van der Waals surface area contributed by atoms with E-state index in [4.69, 9.17) is 9.72 Å². The second-order valence-electron chi connectivity index (χ2n) is 8.67. The molecule has 0 saturated carbocycles. The van der Waals surface area contributed by atoms with Crippen molar-refractivity contribution in [2.45, 2.75) is 31.7 Å². The molecule has 1 atom stereocenters. The molecule has 0 N–H and O–H groups in total. The largest absolute Gasteiger partial charge is 0.493 e. The van der Waals surface area contributed by atoms with Crippen molar-refractivity contribution < 1.29 is 9.53 Å². The topological polar surface area (TPSA) is 76.4 Å². The molecule has 0 bridgehead atoms. The van der Waals surface area contributed by atoms with Crippen LogP contribution in [0.4, 0.5) is 5.95 Å². The van der Waals surface area contributed by atoms with E-state index in [-0.39, 0.29) is 18.4 Å². The number of hydrogen-bond acceptors (Lipinski definition) is 6. The average Bonchev–Trinajstić information content (AvgIpc) is 3.50. The van der Waals surface area contributed by atoms with Crippen LogP contribution in [0.25, 0.3) is 11.1 Å². The maximum Gasteiger partial charge on any atom is 0.244 e. The molecule has 32 heavy (non-hydrogen) atoms. The van der Waals surface area contributed by atoms with Crippen LogP contribution in [0.1, 0.15) is 30.0 Å². The smallest absolute Gasteiger partial charge is 0.244 e. The molecule has 2 aliphatic rings. The van der Waals surface area contributed by atoms with Crippen molar-refractivity contribution in [3.05, 3.63) is 54.1 Å². The number of fused-ring (bicyclic) bond motifs is 1. The van der Waals surface area contributed by atoms with Gasteiger partial charge in [-0.15, -0.1) is 0 Å². The van der Waals surface area contributed by atoms with Crippen molar-refractivity contribution >= 4 is 11.9 Å². The van der Waals surface area contributed by atoms with E-state index in [1.807, 2.05) is 48.4 Å². The van der Waals surface area contributed by atoms with Crippen LogP contribution in [-0.2, 0) is 17.8 Å². The quantitative estimate of drug-likeness (QED) is 0.617. The summed E-state index contributed by atoms with van der Waals surface area (Å²) in [6.07, 6.45) is 8.32. The van der Waals surface area contributed by atoms with Gasteiger partial charge in [-0.3, -0.25) is 9.48 Å². The molecular formula is C24H28N6O2. The Labute approximate surface area is 187 Å². The first-order valence-corrected chi connectivity index (χ1v) is 11.1. The van der Waals surface area contributed by atoms with Crippen LogP contribution in [0.2, 0.25) is 0 Å². The van der Waals surface area contributed by atoms with E-state index in [9.17, 15) is 4.79 Å². The second kappa shape index (κ2) is 8.61. The summed E-state index contributed by atoms with van der Waals surface area (Å²) in [5, 5.41) is 4.17. The van der Waals surface area contributed by atoms with Crippen molar-refractivity contribution in [3.8, 4) is 16.9 Å². The molecule has 166 valence electrons. The molecule has 1 fully saturated rings. The molecule has 8 heteroatoms. The van der Waals surface area contributed by atoms with Crippen LogP contribution < -0.4 is 9.64 Å². The number of hydrogen-bond donors (Lipinski definition) is 0. The molecule has 1 amide bonds. The molecule has 2 aromatic heterocycles. The number of ether oxygens (including phenoxy) is 1. The Kier molecular flexibility index (Phi) is 5.51. The molecule has 8 nitrogen and oxygen atoms in total. The lowest BCUT2D eigenvalue weighted by atomic mass is 9.89. The number of likely N-dealkylation sites (tertiary alicyclic amines) is 1. The van der Waals surface area contributed by atoms with E-state index < -0.39 is 0 Å². The zero-order valence-corrected chi connectivity index (χ0v) is 18.6. The van der Waals surface area contributed by atoms with Gasteiger partial charge in [-0.05, 0) is 42.2 Å². The third kappa shape index (κ3) is 4.04. The lowest BCUT2D eigenvalue weighted by Crippen LogP contribution is -2.41. The summed E-state index contributed by atoms with van der Waals surface area (Å²) in [6.45, 7) is 2.43. The van der Waals surface area contributed by atoms with Crippen LogP contribution in [0.3, 0.4) is 0 Å². The van der Waals surface area contributed by atoms with Crippen LogP contribution in [0.15, 0.2) is 42.9 Å². The number of aromatic nitrogens is 4. The molecule has 0 spiro atoms. The number of piperidine rings is 1. The Morgan fingerprint density at radius 2 is 2.22 bits per heavy atom. The zero-order valence-electron chi connectivity index (χ0n) is 18.6. The molecule has 0 radical (unpaired) electrons. The Hall–Kier alpha value is -3.42. The second-order valence-corrected chi connectivity index (χ2v) is 8.67. The van der Waals surface area contributed by atoms with Crippen molar-refractivity contribution in [2.75, 3.05) is 38.7 Å². The summed E-state index contributed by atoms with van der Waals surface area (Å²) in [7, 11) is 3.90. The minimum absolute atomic E-state index is 0.0940. The SMILES string of the molecule is CN(C)c1ncc(-c2ccc3c(c2)CCO3)c([C@H]2CCCN(C(=O)Cn3cccn3)C2)n1. The number of rotatable bonds is 5. The molecule has 1 aromatic carbocycles. The highest BCUT2D eigenvalue weighted by Gasteiger charge is 2.29. The monoisotopic (exact) mass is 432 g/mol. The van der Waals surface area contributed by atoms with E-state index in [0.29, 0.717) is 12.5 Å². The zero-order chi connectivity index (χ0) is 22.1. The molecule has 5 rings (SSSR count). The third-order valence-electron chi connectivity index (χ3n) is 6.22. The maximum atomic E-state index is 12.9. The van der Waals surface area contributed by atoms with Gasteiger partial charge in [0.2, 0.25) is 11.9 Å². The fraction of sp³-hybridized carbons (Fsp3) is 0.417. The lowest BCUT2D eigenvalue weighted by molar-refractivity contribution is -0.133. The van der Waals surface area contributed by atoms with Crippen molar-refractivity contribution in [3.63, 3.8) is 0 Å². The number of benzene rings is 1. The highest BCUT2D eigenvalue weighted by Crippen LogP contribution is 2.36. The summed E-state index contributed by atoms with van der Waals surface area (Å²) in [4.78, 5) is 26.3. The fourth-order valence-electron chi connectivity index (χ4n) is 4.55. The van der Waals surface area contributed by atoms with Gasteiger partial charge >= 0.3 is 0 Å². The standard InChI is InChI=1S/C24H28N6O2/c1-28(2)24-25-14-20(17-6-7-21-18(13-17)8-12-32-21)23(27-24)19-5-3-10-29(15-19)22(31)16-30-11-4-9-26-30/h4,6-7,9,11,13-14,19H,3,5,8,10,12,15-16H2,1-2H3/t19-/m0/s1. The average molecular weight is 433 g/mol. The predicted molar refractivity (Wildman–Crippen MR) is 122 cm³/mol. The highest BCUT2D eigenvalue weighted by molar-refractivity contribution is 5.76. The van der Waals surface area contributed by atoms with E-state index in [1.54, 1.807) is 10.9 Å². The van der Waals surface area contributed by atoms with Gasteiger partial charge in [0.15, 0.2) is 0 Å². The maximum absolute atomic E-state index is 12.9. The van der Waals surface area contributed by atoms with Gasteiger partial charge in [-0.25, -0.2) is 9.97 Å². The Bertz CT molecular complexity index is 1110. The van der Waals surface area contributed by atoms with Crippen molar-refractivity contribution in [1.29, 1.82) is 0 Å². The van der Waals surface area contributed by atoms with E-state index >= 15 is 0 Å².